The first kappa shape index (κ1) is 18.9. The second kappa shape index (κ2) is 6.67. The van der Waals surface area contributed by atoms with Gasteiger partial charge in [-0.05, 0) is 45.4 Å². The predicted molar refractivity (Wildman–Crippen MR) is 103 cm³/mol. The zero-order chi connectivity index (χ0) is 19.0. The van der Waals surface area contributed by atoms with Crippen molar-refractivity contribution in [2.24, 2.45) is 0 Å². The van der Waals surface area contributed by atoms with Crippen LogP contribution in [0.3, 0.4) is 0 Å². The Bertz CT molecular complexity index is 858. The van der Waals surface area contributed by atoms with Gasteiger partial charge in [-0.25, -0.2) is 13.4 Å². The highest BCUT2D eigenvalue weighted by atomic mass is 32.2. The summed E-state index contributed by atoms with van der Waals surface area (Å²) >= 11 is 0. The Morgan fingerprint density at radius 2 is 1.81 bits per heavy atom. The summed E-state index contributed by atoms with van der Waals surface area (Å²) in [7, 11) is -3.44. The van der Waals surface area contributed by atoms with Crippen LogP contribution in [0.2, 0.25) is 0 Å². The fourth-order valence-electron chi connectivity index (χ4n) is 3.09. The zero-order valence-electron chi connectivity index (χ0n) is 15.8. The van der Waals surface area contributed by atoms with E-state index in [1.165, 1.54) is 0 Å². The molecule has 0 spiro atoms. The standard InChI is InChI=1S/C20H26N2O3S/c1-19(2,3)26(23,24)18-11-10-17(14-21-18)22-12-13-25-20(4,15-22)16-8-6-5-7-9-16/h5-11,14H,12-13,15H2,1-4H3. The van der Waals surface area contributed by atoms with Crippen molar-refractivity contribution in [3.05, 3.63) is 54.2 Å². The monoisotopic (exact) mass is 374 g/mol. The number of aromatic nitrogens is 1. The fraction of sp³-hybridized carbons (Fsp3) is 0.450. The molecular weight excluding hydrogens is 348 g/mol. The molecule has 1 atom stereocenters. The number of rotatable bonds is 3. The van der Waals surface area contributed by atoms with Crippen LogP contribution in [0.4, 0.5) is 5.69 Å². The Labute approximate surface area is 155 Å². The third-order valence-electron chi connectivity index (χ3n) is 4.83. The molecule has 0 N–H and O–H groups in total. The van der Waals surface area contributed by atoms with Crippen molar-refractivity contribution >= 4 is 15.5 Å². The Morgan fingerprint density at radius 1 is 1.12 bits per heavy atom. The van der Waals surface area contributed by atoms with Crippen LogP contribution in [0.5, 0.6) is 0 Å². The number of pyridine rings is 1. The molecule has 0 radical (unpaired) electrons. The van der Waals surface area contributed by atoms with Crippen LogP contribution in [-0.4, -0.2) is 37.8 Å². The summed E-state index contributed by atoms with van der Waals surface area (Å²) in [4.78, 5) is 6.43. The minimum absolute atomic E-state index is 0.118. The van der Waals surface area contributed by atoms with E-state index in [2.05, 4.69) is 28.9 Å². The molecule has 5 nitrogen and oxygen atoms in total. The fourth-order valence-corrected chi connectivity index (χ4v) is 4.15. The topological polar surface area (TPSA) is 59.5 Å². The Hall–Kier alpha value is -1.92. The molecule has 0 bridgehead atoms. The molecule has 26 heavy (non-hydrogen) atoms. The average molecular weight is 375 g/mol. The Balaban J connectivity index is 1.84. The summed E-state index contributed by atoms with van der Waals surface area (Å²) in [5.74, 6) is 0. The molecule has 1 aliphatic heterocycles. The van der Waals surface area contributed by atoms with E-state index in [0.717, 1.165) is 17.8 Å². The first-order chi connectivity index (χ1) is 12.1. The van der Waals surface area contributed by atoms with Crippen molar-refractivity contribution in [2.75, 3.05) is 24.6 Å². The second-order valence-electron chi connectivity index (χ2n) is 7.84. The summed E-state index contributed by atoms with van der Waals surface area (Å²) in [6.45, 7) is 9.18. The van der Waals surface area contributed by atoms with Gasteiger partial charge in [-0.15, -0.1) is 0 Å². The van der Waals surface area contributed by atoms with Crippen molar-refractivity contribution in [3.8, 4) is 0 Å². The van der Waals surface area contributed by atoms with Crippen LogP contribution < -0.4 is 4.90 Å². The molecular formula is C20H26N2O3S. The third kappa shape index (κ3) is 3.48. The van der Waals surface area contributed by atoms with Crippen LogP contribution in [0.25, 0.3) is 0 Å². The lowest BCUT2D eigenvalue weighted by Gasteiger charge is -2.41. The number of anilines is 1. The first-order valence-corrected chi connectivity index (χ1v) is 10.3. The summed E-state index contributed by atoms with van der Waals surface area (Å²) < 4.78 is 30.3. The maximum atomic E-state index is 12.5. The van der Waals surface area contributed by atoms with Gasteiger partial charge >= 0.3 is 0 Å². The predicted octanol–water partition coefficient (Wildman–Crippen LogP) is 3.41. The number of benzene rings is 1. The van der Waals surface area contributed by atoms with Crippen molar-refractivity contribution < 1.29 is 13.2 Å². The van der Waals surface area contributed by atoms with Crippen LogP contribution >= 0.6 is 0 Å². The lowest BCUT2D eigenvalue weighted by Crippen LogP contribution is -2.48. The summed E-state index contributed by atoms with van der Waals surface area (Å²) in [5, 5.41) is 0.118. The molecule has 2 aromatic rings. The van der Waals surface area contributed by atoms with Gasteiger partial charge in [0.1, 0.15) is 5.60 Å². The molecule has 2 heterocycles. The summed E-state index contributed by atoms with van der Waals surface area (Å²) in [5.41, 5.74) is 1.63. The van der Waals surface area contributed by atoms with Gasteiger partial charge in [0.25, 0.3) is 0 Å². The lowest BCUT2D eigenvalue weighted by atomic mass is 9.93. The van der Waals surface area contributed by atoms with E-state index in [1.807, 2.05) is 24.3 Å². The van der Waals surface area contributed by atoms with Crippen molar-refractivity contribution in [3.63, 3.8) is 0 Å². The number of ether oxygens (including phenoxy) is 1. The van der Waals surface area contributed by atoms with Gasteiger partial charge < -0.3 is 9.64 Å². The van der Waals surface area contributed by atoms with E-state index in [9.17, 15) is 8.42 Å². The Morgan fingerprint density at radius 3 is 2.38 bits per heavy atom. The SMILES string of the molecule is CC1(c2ccccc2)CN(c2ccc(S(=O)(=O)C(C)(C)C)nc2)CCO1. The van der Waals surface area contributed by atoms with E-state index >= 15 is 0 Å². The molecule has 0 amide bonds. The molecule has 1 aromatic carbocycles. The molecule has 0 saturated carbocycles. The van der Waals surface area contributed by atoms with Gasteiger partial charge in [0.2, 0.25) is 0 Å². The van der Waals surface area contributed by atoms with Crippen LogP contribution in [-0.2, 0) is 20.2 Å². The van der Waals surface area contributed by atoms with Gasteiger partial charge in [0.05, 0.1) is 29.8 Å². The van der Waals surface area contributed by atoms with Crippen LogP contribution in [0, 0.1) is 0 Å². The van der Waals surface area contributed by atoms with E-state index in [4.69, 9.17) is 4.74 Å². The number of hydrogen-bond acceptors (Lipinski definition) is 5. The normalized spacial score (nSPS) is 21.6. The van der Waals surface area contributed by atoms with Crippen molar-refractivity contribution in [1.82, 2.24) is 4.98 Å². The lowest BCUT2D eigenvalue weighted by molar-refractivity contribution is -0.0466. The quantitative estimate of drug-likeness (QED) is 0.824. The van der Waals surface area contributed by atoms with Crippen LogP contribution in [0.15, 0.2) is 53.7 Å². The molecule has 1 unspecified atom stereocenters. The highest BCUT2D eigenvalue weighted by molar-refractivity contribution is 7.92. The minimum Gasteiger partial charge on any atom is -0.367 e. The minimum atomic E-state index is -3.44. The van der Waals surface area contributed by atoms with E-state index < -0.39 is 20.2 Å². The summed E-state index contributed by atoms with van der Waals surface area (Å²) in [6.07, 6.45) is 1.65. The third-order valence-corrected chi connectivity index (χ3v) is 7.23. The molecule has 0 aliphatic carbocycles. The molecule has 3 rings (SSSR count). The molecule has 140 valence electrons. The van der Waals surface area contributed by atoms with Gasteiger partial charge in [0.15, 0.2) is 14.9 Å². The van der Waals surface area contributed by atoms with Crippen molar-refractivity contribution in [2.45, 2.75) is 43.1 Å². The number of sulfone groups is 1. The smallest absolute Gasteiger partial charge is 0.200 e. The number of nitrogens with zero attached hydrogens (tertiary/aromatic N) is 2. The molecule has 6 heteroatoms. The largest absolute Gasteiger partial charge is 0.367 e. The van der Waals surface area contributed by atoms with Gasteiger partial charge in [0, 0.05) is 6.54 Å². The van der Waals surface area contributed by atoms with Gasteiger partial charge in [-0.1, -0.05) is 30.3 Å². The van der Waals surface area contributed by atoms with E-state index in [1.54, 1.807) is 33.0 Å². The number of hydrogen-bond donors (Lipinski definition) is 0. The van der Waals surface area contributed by atoms with Crippen molar-refractivity contribution in [1.29, 1.82) is 0 Å². The maximum Gasteiger partial charge on any atom is 0.200 e. The van der Waals surface area contributed by atoms with E-state index in [0.29, 0.717) is 13.2 Å². The second-order valence-corrected chi connectivity index (χ2v) is 10.5. The average Bonchev–Trinajstić information content (AvgIpc) is 2.62. The zero-order valence-corrected chi connectivity index (χ0v) is 16.6. The highest BCUT2D eigenvalue weighted by Gasteiger charge is 2.35. The molecule has 1 aromatic heterocycles. The first-order valence-electron chi connectivity index (χ1n) is 8.79. The summed E-state index contributed by atoms with van der Waals surface area (Å²) in [6, 6.07) is 13.6. The van der Waals surface area contributed by atoms with Gasteiger partial charge in [-0.2, -0.15) is 0 Å². The molecule has 1 saturated heterocycles. The molecule has 1 aliphatic rings. The van der Waals surface area contributed by atoms with Crippen LogP contribution in [0.1, 0.15) is 33.3 Å². The Kier molecular flexibility index (Phi) is 4.84. The highest BCUT2D eigenvalue weighted by Crippen LogP contribution is 2.32. The van der Waals surface area contributed by atoms with E-state index in [-0.39, 0.29) is 5.03 Å². The molecule has 1 fully saturated rings. The van der Waals surface area contributed by atoms with Gasteiger partial charge in [-0.3, -0.25) is 0 Å². The number of morpholine rings is 1. The maximum absolute atomic E-state index is 12.5.